The van der Waals surface area contributed by atoms with Gasteiger partial charge in [-0.1, -0.05) is 41.4 Å². The maximum absolute atomic E-state index is 13.2. The van der Waals surface area contributed by atoms with E-state index in [1.165, 1.54) is 29.9 Å². The van der Waals surface area contributed by atoms with Gasteiger partial charge >= 0.3 is 6.18 Å². The first kappa shape index (κ1) is 16.8. The van der Waals surface area contributed by atoms with Gasteiger partial charge in [0.2, 0.25) is 0 Å². The van der Waals surface area contributed by atoms with Crippen molar-refractivity contribution in [3.05, 3.63) is 58.1 Å². The number of alkyl halides is 3. The summed E-state index contributed by atoms with van der Waals surface area (Å²) in [7, 11) is 1.53. The highest BCUT2D eigenvalue weighted by molar-refractivity contribution is 6.35. The Morgan fingerprint density at radius 2 is 1.71 bits per heavy atom. The van der Waals surface area contributed by atoms with Crippen molar-refractivity contribution in [3.8, 4) is 22.8 Å². The second-order valence-corrected chi connectivity index (χ2v) is 5.89. The Hall–Kier alpha value is -2.05. The van der Waals surface area contributed by atoms with E-state index >= 15 is 0 Å². The van der Waals surface area contributed by atoms with Crippen molar-refractivity contribution in [1.82, 2.24) is 14.8 Å². The standard InChI is InChI=1S/C16H10Cl2F3N3/c1-24-15(10-4-2-3-5-12(10)16(19,20)21)22-14(23-24)11-8-9(17)6-7-13(11)18/h2-8H,1H3. The van der Waals surface area contributed by atoms with E-state index in [9.17, 15) is 13.2 Å². The van der Waals surface area contributed by atoms with Crippen molar-refractivity contribution in [2.45, 2.75) is 6.18 Å². The third-order valence-electron chi connectivity index (χ3n) is 3.41. The number of aromatic nitrogens is 3. The molecule has 0 unspecified atom stereocenters. The van der Waals surface area contributed by atoms with E-state index in [0.29, 0.717) is 15.6 Å². The van der Waals surface area contributed by atoms with Crippen LogP contribution in [0.1, 0.15) is 5.56 Å². The van der Waals surface area contributed by atoms with Gasteiger partial charge in [0.15, 0.2) is 11.6 Å². The van der Waals surface area contributed by atoms with Crippen molar-refractivity contribution in [2.75, 3.05) is 0 Å². The van der Waals surface area contributed by atoms with Gasteiger partial charge in [0.25, 0.3) is 0 Å². The molecule has 0 radical (unpaired) electrons. The molecule has 8 heteroatoms. The molecule has 1 aromatic heterocycles. The molecule has 0 N–H and O–H groups in total. The number of rotatable bonds is 2. The Balaban J connectivity index is 2.17. The lowest BCUT2D eigenvalue weighted by Gasteiger charge is -2.11. The fourth-order valence-electron chi connectivity index (χ4n) is 2.33. The predicted molar refractivity (Wildman–Crippen MR) is 86.9 cm³/mol. The average molecular weight is 372 g/mol. The van der Waals surface area contributed by atoms with Gasteiger partial charge in [0.05, 0.1) is 10.6 Å². The van der Waals surface area contributed by atoms with Crippen LogP contribution in [0.2, 0.25) is 10.0 Å². The summed E-state index contributed by atoms with van der Waals surface area (Å²) < 4.78 is 40.9. The van der Waals surface area contributed by atoms with Crippen LogP contribution < -0.4 is 0 Å². The molecule has 0 bridgehead atoms. The zero-order valence-electron chi connectivity index (χ0n) is 12.3. The minimum absolute atomic E-state index is 0.0515. The number of hydrogen-bond acceptors (Lipinski definition) is 2. The molecule has 0 aliphatic carbocycles. The maximum Gasteiger partial charge on any atom is 0.417 e. The molecule has 0 amide bonds. The zero-order valence-corrected chi connectivity index (χ0v) is 13.8. The molecule has 124 valence electrons. The Morgan fingerprint density at radius 3 is 2.42 bits per heavy atom. The van der Waals surface area contributed by atoms with E-state index in [1.807, 2.05) is 0 Å². The number of aryl methyl sites for hydroxylation is 1. The van der Waals surface area contributed by atoms with Gasteiger partial charge in [0.1, 0.15) is 0 Å². The predicted octanol–water partition coefficient (Wildman–Crippen LogP) is 5.47. The van der Waals surface area contributed by atoms with Crippen LogP contribution >= 0.6 is 23.2 Å². The Morgan fingerprint density at radius 1 is 1.00 bits per heavy atom. The Kier molecular flexibility index (Phi) is 4.27. The molecular weight excluding hydrogens is 362 g/mol. The quantitative estimate of drug-likeness (QED) is 0.597. The van der Waals surface area contributed by atoms with Crippen LogP contribution in [0.5, 0.6) is 0 Å². The molecule has 0 saturated heterocycles. The van der Waals surface area contributed by atoms with E-state index in [-0.39, 0.29) is 17.2 Å². The molecule has 1 heterocycles. The summed E-state index contributed by atoms with van der Waals surface area (Å²) in [5, 5.41) is 4.97. The van der Waals surface area contributed by atoms with Gasteiger partial charge in [-0.15, -0.1) is 0 Å². The minimum Gasteiger partial charge on any atom is -0.248 e. The first-order chi connectivity index (χ1) is 11.3. The molecule has 0 aliphatic rings. The lowest BCUT2D eigenvalue weighted by atomic mass is 10.1. The summed E-state index contributed by atoms with van der Waals surface area (Å²) in [5.74, 6) is 0.297. The SMILES string of the molecule is Cn1nc(-c2cc(Cl)ccc2Cl)nc1-c1ccccc1C(F)(F)F. The molecule has 0 spiro atoms. The molecule has 0 saturated carbocycles. The van der Waals surface area contributed by atoms with Crippen LogP contribution in [0.3, 0.4) is 0 Å². The molecule has 3 rings (SSSR count). The summed E-state index contributed by atoms with van der Waals surface area (Å²) in [4.78, 5) is 4.24. The van der Waals surface area contributed by atoms with Crippen molar-refractivity contribution in [1.29, 1.82) is 0 Å². The van der Waals surface area contributed by atoms with Gasteiger partial charge < -0.3 is 0 Å². The Labute approximate surface area is 145 Å². The molecule has 2 aromatic carbocycles. The summed E-state index contributed by atoms with van der Waals surface area (Å²) >= 11 is 12.1. The van der Waals surface area contributed by atoms with E-state index in [0.717, 1.165) is 6.07 Å². The highest BCUT2D eigenvalue weighted by atomic mass is 35.5. The third-order valence-corrected chi connectivity index (χ3v) is 3.97. The Bertz CT molecular complexity index is 904. The second-order valence-electron chi connectivity index (χ2n) is 5.05. The van der Waals surface area contributed by atoms with Crippen molar-refractivity contribution in [2.24, 2.45) is 7.05 Å². The highest BCUT2D eigenvalue weighted by Crippen LogP contribution is 2.37. The van der Waals surface area contributed by atoms with Crippen LogP contribution in [0.25, 0.3) is 22.8 Å². The summed E-state index contributed by atoms with van der Waals surface area (Å²) in [6.45, 7) is 0. The number of benzene rings is 2. The highest BCUT2D eigenvalue weighted by Gasteiger charge is 2.34. The van der Waals surface area contributed by atoms with E-state index < -0.39 is 11.7 Å². The molecule has 0 aliphatic heterocycles. The van der Waals surface area contributed by atoms with Crippen molar-refractivity contribution in [3.63, 3.8) is 0 Å². The lowest BCUT2D eigenvalue weighted by Crippen LogP contribution is -2.08. The first-order valence-electron chi connectivity index (χ1n) is 6.80. The van der Waals surface area contributed by atoms with Crippen LogP contribution in [-0.2, 0) is 13.2 Å². The van der Waals surface area contributed by atoms with Crippen LogP contribution in [0.4, 0.5) is 13.2 Å². The summed E-state index contributed by atoms with van der Waals surface area (Å²) in [6.07, 6.45) is -4.49. The van der Waals surface area contributed by atoms with Gasteiger partial charge in [-0.05, 0) is 24.3 Å². The number of hydrogen-bond donors (Lipinski definition) is 0. The van der Waals surface area contributed by atoms with E-state index in [1.54, 1.807) is 18.2 Å². The monoisotopic (exact) mass is 371 g/mol. The first-order valence-corrected chi connectivity index (χ1v) is 7.56. The van der Waals surface area contributed by atoms with Crippen LogP contribution in [0, 0.1) is 0 Å². The molecule has 0 atom stereocenters. The molecule has 24 heavy (non-hydrogen) atoms. The topological polar surface area (TPSA) is 30.7 Å². The molecule has 3 nitrogen and oxygen atoms in total. The lowest BCUT2D eigenvalue weighted by molar-refractivity contribution is -0.137. The fourth-order valence-corrected chi connectivity index (χ4v) is 2.70. The van der Waals surface area contributed by atoms with Gasteiger partial charge in [-0.2, -0.15) is 18.3 Å². The third kappa shape index (κ3) is 3.12. The average Bonchev–Trinajstić information content (AvgIpc) is 2.90. The number of nitrogens with zero attached hydrogens (tertiary/aromatic N) is 3. The zero-order chi connectivity index (χ0) is 17.5. The van der Waals surface area contributed by atoms with Gasteiger partial charge in [0, 0.05) is 23.2 Å². The molecule has 0 fully saturated rings. The maximum atomic E-state index is 13.2. The summed E-state index contributed by atoms with van der Waals surface area (Å²) in [6, 6.07) is 9.97. The normalized spacial score (nSPS) is 11.8. The number of halogens is 5. The largest absolute Gasteiger partial charge is 0.417 e. The van der Waals surface area contributed by atoms with Crippen LogP contribution in [0.15, 0.2) is 42.5 Å². The van der Waals surface area contributed by atoms with Gasteiger partial charge in [-0.25, -0.2) is 9.67 Å². The van der Waals surface area contributed by atoms with Crippen LogP contribution in [-0.4, -0.2) is 14.8 Å². The smallest absolute Gasteiger partial charge is 0.248 e. The van der Waals surface area contributed by atoms with Crippen molar-refractivity contribution < 1.29 is 13.2 Å². The molecule has 3 aromatic rings. The van der Waals surface area contributed by atoms with Crippen molar-refractivity contribution >= 4 is 23.2 Å². The van der Waals surface area contributed by atoms with E-state index in [2.05, 4.69) is 10.1 Å². The molecular formula is C16H10Cl2F3N3. The van der Waals surface area contributed by atoms with Gasteiger partial charge in [-0.3, -0.25) is 0 Å². The fraction of sp³-hybridized carbons (Fsp3) is 0.125. The second kappa shape index (κ2) is 6.11. The van der Waals surface area contributed by atoms with E-state index in [4.69, 9.17) is 23.2 Å². The minimum atomic E-state index is -4.49. The summed E-state index contributed by atoms with van der Waals surface area (Å²) in [5.41, 5.74) is -0.371.